The average Bonchev–Trinajstić information content (AvgIpc) is 2.28. The standard InChI is InChI=1S/C10H13N7/c1-2-14-8-7-9(16-10(13)15-8)17(5-3-11)6-4-12/h7H,2,5-6H2,1H3,(H3,13,14,15,16). The first-order chi connectivity index (χ1) is 8.21. The van der Waals surface area contributed by atoms with Crippen LogP contribution in [0.2, 0.25) is 0 Å². The van der Waals surface area contributed by atoms with Crippen LogP contribution in [0.3, 0.4) is 0 Å². The molecular formula is C10H13N7. The maximum atomic E-state index is 8.68. The van der Waals surface area contributed by atoms with Crippen LogP contribution >= 0.6 is 0 Å². The lowest BCUT2D eigenvalue weighted by Gasteiger charge is -2.17. The van der Waals surface area contributed by atoms with Crippen LogP contribution in [-0.4, -0.2) is 29.6 Å². The molecule has 1 aromatic heterocycles. The quantitative estimate of drug-likeness (QED) is 0.702. The van der Waals surface area contributed by atoms with Crippen LogP contribution in [0.1, 0.15) is 6.92 Å². The predicted molar refractivity (Wildman–Crippen MR) is 64.0 cm³/mol. The molecule has 17 heavy (non-hydrogen) atoms. The molecule has 0 radical (unpaired) electrons. The van der Waals surface area contributed by atoms with Gasteiger partial charge in [-0.25, -0.2) is 0 Å². The number of nitrogens with two attached hydrogens (primary N) is 1. The zero-order valence-electron chi connectivity index (χ0n) is 9.51. The Kier molecular flexibility index (Phi) is 4.52. The van der Waals surface area contributed by atoms with E-state index < -0.39 is 0 Å². The van der Waals surface area contributed by atoms with Gasteiger partial charge in [-0.15, -0.1) is 0 Å². The number of hydrogen-bond acceptors (Lipinski definition) is 7. The Morgan fingerprint density at radius 1 is 1.35 bits per heavy atom. The van der Waals surface area contributed by atoms with Gasteiger partial charge in [0.05, 0.1) is 12.1 Å². The predicted octanol–water partition coefficient (Wildman–Crippen LogP) is 0.344. The van der Waals surface area contributed by atoms with Crippen molar-refractivity contribution in [1.29, 1.82) is 10.5 Å². The van der Waals surface area contributed by atoms with Gasteiger partial charge >= 0.3 is 0 Å². The minimum Gasteiger partial charge on any atom is -0.370 e. The summed E-state index contributed by atoms with van der Waals surface area (Å²) in [5, 5.41) is 20.4. The molecule has 3 N–H and O–H groups in total. The fourth-order valence-electron chi connectivity index (χ4n) is 1.27. The van der Waals surface area contributed by atoms with E-state index in [0.29, 0.717) is 18.2 Å². The third-order valence-electron chi connectivity index (χ3n) is 1.93. The molecule has 0 bridgehead atoms. The smallest absolute Gasteiger partial charge is 0.223 e. The van der Waals surface area contributed by atoms with E-state index >= 15 is 0 Å². The number of nitriles is 2. The Bertz CT molecular complexity index is 441. The molecule has 0 amide bonds. The van der Waals surface area contributed by atoms with E-state index in [2.05, 4.69) is 15.3 Å². The Hall–Kier alpha value is -2.54. The highest BCUT2D eigenvalue weighted by atomic mass is 15.2. The van der Waals surface area contributed by atoms with Gasteiger partial charge in [-0.05, 0) is 6.92 Å². The second-order valence-electron chi connectivity index (χ2n) is 3.17. The highest BCUT2D eigenvalue weighted by molar-refractivity contribution is 5.53. The molecule has 0 saturated carbocycles. The normalized spacial score (nSPS) is 9.12. The summed E-state index contributed by atoms with van der Waals surface area (Å²) in [7, 11) is 0. The van der Waals surface area contributed by atoms with Crippen LogP contribution in [0, 0.1) is 22.7 Å². The van der Waals surface area contributed by atoms with Crippen molar-refractivity contribution >= 4 is 17.6 Å². The third kappa shape index (κ3) is 3.50. The van der Waals surface area contributed by atoms with Gasteiger partial charge in [0.15, 0.2) is 0 Å². The van der Waals surface area contributed by atoms with Gasteiger partial charge in [0, 0.05) is 12.6 Å². The fourth-order valence-corrected chi connectivity index (χ4v) is 1.27. The van der Waals surface area contributed by atoms with E-state index in [0.717, 1.165) is 0 Å². The van der Waals surface area contributed by atoms with Crippen molar-refractivity contribution in [2.24, 2.45) is 0 Å². The number of nitrogens with zero attached hydrogens (tertiary/aromatic N) is 5. The molecule has 1 aromatic rings. The van der Waals surface area contributed by atoms with Gasteiger partial charge in [-0.3, -0.25) is 0 Å². The van der Waals surface area contributed by atoms with Crippen LogP contribution in [-0.2, 0) is 0 Å². The first kappa shape index (κ1) is 12.5. The van der Waals surface area contributed by atoms with Crippen LogP contribution in [0.25, 0.3) is 0 Å². The Labute approximate surface area is 99.5 Å². The van der Waals surface area contributed by atoms with E-state index in [-0.39, 0.29) is 19.0 Å². The lowest BCUT2D eigenvalue weighted by molar-refractivity contribution is 0.928. The highest BCUT2D eigenvalue weighted by Crippen LogP contribution is 2.16. The largest absolute Gasteiger partial charge is 0.370 e. The molecule has 1 rings (SSSR count). The highest BCUT2D eigenvalue weighted by Gasteiger charge is 2.09. The maximum Gasteiger partial charge on any atom is 0.223 e. The molecule has 0 spiro atoms. The van der Waals surface area contributed by atoms with Crippen molar-refractivity contribution in [2.45, 2.75) is 6.92 Å². The summed E-state index contributed by atoms with van der Waals surface area (Å²) in [6, 6.07) is 5.61. The van der Waals surface area contributed by atoms with E-state index in [4.69, 9.17) is 16.3 Å². The summed E-state index contributed by atoms with van der Waals surface area (Å²) >= 11 is 0. The molecule has 0 aliphatic heterocycles. The number of anilines is 3. The van der Waals surface area contributed by atoms with Gasteiger partial charge in [0.25, 0.3) is 0 Å². The van der Waals surface area contributed by atoms with Gasteiger partial charge in [0.1, 0.15) is 24.7 Å². The molecule has 0 atom stereocenters. The second kappa shape index (κ2) is 6.13. The van der Waals surface area contributed by atoms with E-state index in [1.165, 1.54) is 4.90 Å². The van der Waals surface area contributed by atoms with Crippen molar-refractivity contribution in [3.05, 3.63) is 6.07 Å². The molecule has 88 valence electrons. The number of nitrogens with one attached hydrogen (secondary N) is 1. The van der Waals surface area contributed by atoms with Crippen molar-refractivity contribution in [3.8, 4) is 12.1 Å². The number of hydrogen-bond donors (Lipinski definition) is 2. The Morgan fingerprint density at radius 3 is 2.53 bits per heavy atom. The number of aromatic nitrogens is 2. The summed E-state index contributed by atoms with van der Waals surface area (Å²) in [5.41, 5.74) is 5.57. The Morgan fingerprint density at radius 2 is 2.00 bits per heavy atom. The summed E-state index contributed by atoms with van der Waals surface area (Å²) < 4.78 is 0. The molecule has 7 heteroatoms. The molecule has 0 aliphatic rings. The Balaban J connectivity index is 3.02. The van der Waals surface area contributed by atoms with Gasteiger partial charge in [0.2, 0.25) is 5.95 Å². The summed E-state index contributed by atoms with van der Waals surface area (Å²) in [6.07, 6.45) is 0. The fraction of sp³-hybridized carbons (Fsp3) is 0.400. The minimum absolute atomic E-state index is 0.0789. The van der Waals surface area contributed by atoms with Crippen molar-refractivity contribution in [2.75, 3.05) is 35.6 Å². The first-order valence-corrected chi connectivity index (χ1v) is 5.08. The maximum absolute atomic E-state index is 8.68. The van der Waals surface area contributed by atoms with Gasteiger partial charge in [-0.1, -0.05) is 0 Å². The van der Waals surface area contributed by atoms with Crippen LogP contribution in [0.15, 0.2) is 6.07 Å². The van der Waals surface area contributed by atoms with Crippen LogP contribution in [0.4, 0.5) is 17.6 Å². The molecule has 0 saturated heterocycles. The molecule has 0 fully saturated rings. The number of nitrogen functional groups attached to an aromatic ring is 1. The van der Waals surface area contributed by atoms with Gasteiger partial charge in [-0.2, -0.15) is 20.5 Å². The molecule has 0 aromatic carbocycles. The summed E-state index contributed by atoms with van der Waals surface area (Å²) in [6.45, 7) is 2.79. The minimum atomic E-state index is 0.0789. The van der Waals surface area contributed by atoms with Crippen LogP contribution in [0.5, 0.6) is 0 Å². The summed E-state index contributed by atoms with van der Waals surface area (Å²) in [4.78, 5) is 9.52. The second-order valence-corrected chi connectivity index (χ2v) is 3.17. The third-order valence-corrected chi connectivity index (χ3v) is 1.93. The average molecular weight is 231 g/mol. The lowest BCUT2D eigenvalue weighted by atomic mass is 10.4. The molecule has 0 unspecified atom stereocenters. The number of rotatable bonds is 5. The topological polar surface area (TPSA) is 115 Å². The van der Waals surface area contributed by atoms with Crippen molar-refractivity contribution < 1.29 is 0 Å². The lowest BCUT2D eigenvalue weighted by Crippen LogP contribution is -2.25. The monoisotopic (exact) mass is 231 g/mol. The molecule has 1 heterocycles. The molecule has 0 aliphatic carbocycles. The SMILES string of the molecule is CCNc1cc(N(CC#N)CC#N)nc(N)n1. The van der Waals surface area contributed by atoms with E-state index in [1.54, 1.807) is 6.07 Å². The zero-order chi connectivity index (χ0) is 12.7. The molecular weight excluding hydrogens is 218 g/mol. The zero-order valence-corrected chi connectivity index (χ0v) is 9.51. The van der Waals surface area contributed by atoms with E-state index in [9.17, 15) is 0 Å². The first-order valence-electron chi connectivity index (χ1n) is 5.08. The van der Waals surface area contributed by atoms with Crippen molar-refractivity contribution in [3.63, 3.8) is 0 Å². The van der Waals surface area contributed by atoms with E-state index in [1.807, 2.05) is 19.1 Å². The van der Waals surface area contributed by atoms with Crippen molar-refractivity contribution in [1.82, 2.24) is 9.97 Å². The van der Waals surface area contributed by atoms with Crippen LogP contribution < -0.4 is 16.0 Å². The summed E-state index contributed by atoms with van der Waals surface area (Å²) in [5.74, 6) is 1.16. The molecule has 7 nitrogen and oxygen atoms in total. The van der Waals surface area contributed by atoms with Gasteiger partial charge < -0.3 is 16.0 Å².